The third-order valence-electron chi connectivity index (χ3n) is 4.22. The second-order valence-electron chi connectivity index (χ2n) is 6.42. The lowest BCUT2D eigenvalue weighted by molar-refractivity contribution is 0.470. The Bertz CT molecular complexity index is 491. The molecule has 21 heavy (non-hydrogen) atoms. The van der Waals surface area contributed by atoms with Crippen molar-refractivity contribution >= 4 is 5.96 Å². The van der Waals surface area contributed by atoms with Gasteiger partial charge >= 0.3 is 0 Å². The molecule has 1 aliphatic carbocycles. The molecule has 0 saturated heterocycles. The lowest BCUT2D eigenvalue weighted by atomic mass is 9.84. The number of nitrogens with zero attached hydrogens (tertiary/aromatic N) is 1. The van der Waals surface area contributed by atoms with E-state index in [1.54, 1.807) is 13.1 Å². The van der Waals surface area contributed by atoms with E-state index in [0.29, 0.717) is 12.6 Å². The van der Waals surface area contributed by atoms with Crippen LogP contribution in [0.1, 0.15) is 45.1 Å². The van der Waals surface area contributed by atoms with Gasteiger partial charge in [0.15, 0.2) is 5.96 Å². The highest BCUT2D eigenvalue weighted by atomic mass is 19.1. The van der Waals surface area contributed by atoms with Gasteiger partial charge < -0.3 is 10.6 Å². The summed E-state index contributed by atoms with van der Waals surface area (Å²) < 4.78 is 13.9. The fourth-order valence-corrected chi connectivity index (χ4v) is 2.87. The van der Waals surface area contributed by atoms with Crippen LogP contribution in [0.5, 0.6) is 0 Å². The van der Waals surface area contributed by atoms with E-state index in [-0.39, 0.29) is 11.2 Å². The molecule has 1 aromatic carbocycles. The van der Waals surface area contributed by atoms with E-state index in [1.807, 2.05) is 26.0 Å². The zero-order chi connectivity index (χ0) is 15.3. The Labute approximate surface area is 127 Å². The molecular weight excluding hydrogens is 265 g/mol. The first-order valence-corrected chi connectivity index (χ1v) is 7.75. The van der Waals surface area contributed by atoms with E-state index in [0.717, 1.165) is 11.5 Å². The van der Waals surface area contributed by atoms with E-state index in [9.17, 15) is 4.39 Å². The van der Waals surface area contributed by atoms with Crippen molar-refractivity contribution in [3.05, 3.63) is 35.6 Å². The lowest BCUT2D eigenvalue weighted by Crippen LogP contribution is -2.46. The van der Waals surface area contributed by atoms with Gasteiger partial charge in [-0.25, -0.2) is 4.39 Å². The van der Waals surface area contributed by atoms with Gasteiger partial charge in [0.2, 0.25) is 0 Å². The van der Waals surface area contributed by atoms with Crippen molar-refractivity contribution in [1.82, 2.24) is 10.6 Å². The molecule has 0 spiro atoms. The number of nitrogens with one attached hydrogen (secondary N) is 2. The van der Waals surface area contributed by atoms with Gasteiger partial charge in [-0.2, -0.15) is 0 Å². The average Bonchev–Trinajstić information content (AvgIpc) is 2.96. The van der Waals surface area contributed by atoms with Gasteiger partial charge in [-0.05, 0) is 24.5 Å². The summed E-state index contributed by atoms with van der Waals surface area (Å²) in [6.45, 7) is 4.73. The number of hydrogen-bond acceptors (Lipinski definition) is 1. The third-order valence-corrected chi connectivity index (χ3v) is 4.22. The van der Waals surface area contributed by atoms with Crippen LogP contribution >= 0.6 is 0 Å². The summed E-state index contributed by atoms with van der Waals surface area (Å²) in [5, 5.41) is 6.78. The summed E-state index contributed by atoms with van der Waals surface area (Å²) >= 11 is 0. The van der Waals surface area contributed by atoms with Gasteiger partial charge in [0.25, 0.3) is 0 Å². The summed E-state index contributed by atoms with van der Waals surface area (Å²) in [5.41, 5.74) is 0.437. The van der Waals surface area contributed by atoms with Crippen LogP contribution in [0, 0.1) is 5.82 Å². The largest absolute Gasteiger partial charge is 0.356 e. The van der Waals surface area contributed by atoms with Crippen molar-refractivity contribution in [2.75, 3.05) is 13.6 Å². The molecule has 0 aromatic heterocycles. The molecule has 116 valence electrons. The monoisotopic (exact) mass is 291 g/mol. The molecule has 2 N–H and O–H groups in total. The first-order valence-electron chi connectivity index (χ1n) is 7.75. The molecule has 4 heteroatoms. The van der Waals surface area contributed by atoms with Crippen LogP contribution in [-0.4, -0.2) is 25.6 Å². The summed E-state index contributed by atoms with van der Waals surface area (Å²) in [5.74, 6) is 0.661. The predicted molar refractivity (Wildman–Crippen MR) is 86.2 cm³/mol. The molecule has 1 fully saturated rings. The first kappa shape index (κ1) is 15.8. The maximum Gasteiger partial charge on any atom is 0.191 e. The van der Waals surface area contributed by atoms with Crippen molar-refractivity contribution in [2.45, 2.75) is 51.0 Å². The lowest BCUT2D eigenvalue weighted by Gasteiger charge is -2.28. The van der Waals surface area contributed by atoms with Crippen molar-refractivity contribution in [3.8, 4) is 0 Å². The number of hydrogen-bond donors (Lipinski definition) is 2. The normalized spacial score (nSPS) is 17.0. The van der Waals surface area contributed by atoms with Crippen molar-refractivity contribution in [3.63, 3.8) is 0 Å². The van der Waals surface area contributed by atoms with Crippen LogP contribution in [-0.2, 0) is 5.41 Å². The third kappa shape index (κ3) is 4.19. The van der Waals surface area contributed by atoms with E-state index >= 15 is 0 Å². The smallest absolute Gasteiger partial charge is 0.191 e. The van der Waals surface area contributed by atoms with Crippen LogP contribution in [0.2, 0.25) is 0 Å². The van der Waals surface area contributed by atoms with Gasteiger partial charge in [-0.15, -0.1) is 0 Å². The molecule has 3 nitrogen and oxygen atoms in total. The van der Waals surface area contributed by atoms with Crippen LogP contribution in [0.25, 0.3) is 0 Å². The number of benzene rings is 1. The van der Waals surface area contributed by atoms with Crippen molar-refractivity contribution in [2.24, 2.45) is 4.99 Å². The van der Waals surface area contributed by atoms with Crippen LogP contribution in [0.4, 0.5) is 4.39 Å². The summed E-state index contributed by atoms with van der Waals surface area (Å²) in [6, 6.07) is 7.49. The summed E-state index contributed by atoms with van der Waals surface area (Å²) in [6.07, 6.45) is 4.99. The highest BCUT2D eigenvalue weighted by Crippen LogP contribution is 2.24. The molecule has 0 aliphatic heterocycles. The average molecular weight is 291 g/mol. The molecule has 0 bridgehead atoms. The maximum absolute atomic E-state index is 13.9. The first-order chi connectivity index (χ1) is 10.0. The van der Waals surface area contributed by atoms with Gasteiger partial charge in [0.05, 0.1) is 0 Å². The van der Waals surface area contributed by atoms with Gasteiger partial charge in [-0.1, -0.05) is 44.9 Å². The number of guanidine groups is 1. The highest BCUT2D eigenvalue weighted by Gasteiger charge is 2.24. The Hall–Kier alpha value is -1.58. The minimum Gasteiger partial charge on any atom is -0.356 e. The molecular formula is C17H26FN3. The standard InChI is InChI=1S/C17H26FN3/c1-17(2,14-10-6-7-11-15(14)18)12-20-16(19-3)21-13-8-4-5-9-13/h6-7,10-11,13H,4-5,8-9,12H2,1-3H3,(H2,19,20,21). The minimum atomic E-state index is -0.293. The Morgan fingerprint density at radius 1 is 1.29 bits per heavy atom. The fraction of sp³-hybridized carbons (Fsp3) is 0.588. The molecule has 0 atom stereocenters. The quantitative estimate of drug-likeness (QED) is 0.660. The Morgan fingerprint density at radius 3 is 2.57 bits per heavy atom. The molecule has 0 heterocycles. The Kier molecular flexibility index (Phi) is 5.21. The van der Waals surface area contributed by atoms with Gasteiger partial charge in [0, 0.05) is 25.0 Å². The zero-order valence-corrected chi connectivity index (χ0v) is 13.2. The highest BCUT2D eigenvalue weighted by molar-refractivity contribution is 5.80. The summed E-state index contributed by atoms with van der Waals surface area (Å²) in [7, 11) is 1.78. The number of rotatable bonds is 4. The molecule has 0 amide bonds. The van der Waals surface area contributed by atoms with E-state index in [2.05, 4.69) is 15.6 Å². The Balaban J connectivity index is 1.95. The number of halogens is 1. The molecule has 1 aromatic rings. The van der Waals surface area contributed by atoms with E-state index in [4.69, 9.17) is 0 Å². The van der Waals surface area contributed by atoms with E-state index in [1.165, 1.54) is 31.7 Å². The minimum absolute atomic E-state index is 0.150. The maximum atomic E-state index is 13.9. The van der Waals surface area contributed by atoms with Crippen LogP contribution < -0.4 is 10.6 Å². The molecule has 0 unspecified atom stereocenters. The molecule has 1 aliphatic rings. The second-order valence-corrected chi connectivity index (χ2v) is 6.42. The van der Waals surface area contributed by atoms with Gasteiger partial charge in [-0.3, -0.25) is 4.99 Å². The summed E-state index contributed by atoms with van der Waals surface area (Å²) in [4.78, 5) is 4.27. The number of aliphatic imine (C=N–C) groups is 1. The van der Waals surface area contributed by atoms with Crippen molar-refractivity contribution < 1.29 is 4.39 Å². The SMILES string of the molecule is CN=C(NCC(C)(C)c1ccccc1F)NC1CCCC1. The van der Waals surface area contributed by atoms with Crippen molar-refractivity contribution in [1.29, 1.82) is 0 Å². The van der Waals surface area contributed by atoms with E-state index < -0.39 is 0 Å². The van der Waals surface area contributed by atoms with Crippen LogP contribution in [0.3, 0.4) is 0 Å². The van der Waals surface area contributed by atoms with Gasteiger partial charge in [0.1, 0.15) is 5.82 Å². The predicted octanol–water partition coefficient (Wildman–Crippen LogP) is 3.21. The fourth-order valence-electron chi connectivity index (χ4n) is 2.87. The van der Waals surface area contributed by atoms with Crippen LogP contribution in [0.15, 0.2) is 29.3 Å². The topological polar surface area (TPSA) is 36.4 Å². The second kappa shape index (κ2) is 6.92. The Morgan fingerprint density at radius 2 is 1.95 bits per heavy atom. The zero-order valence-electron chi connectivity index (χ0n) is 13.2. The molecule has 2 rings (SSSR count). The molecule has 1 saturated carbocycles. The molecule has 0 radical (unpaired) electrons.